The summed E-state index contributed by atoms with van der Waals surface area (Å²) in [5, 5.41) is 4.31. The Kier molecular flexibility index (Phi) is 2.30. The lowest BCUT2D eigenvalue weighted by Crippen LogP contribution is -2.29. The van der Waals surface area contributed by atoms with Gasteiger partial charge in [0.05, 0.1) is 0 Å². The molecule has 1 aromatic carbocycles. The highest BCUT2D eigenvalue weighted by molar-refractivity contribution is 5.79. The smallest absolute Gasteiger partial charge is 0.252 e. The standard InChI is InChI=1S/C14H16N2O/c1-15-9-14(6-7-14)11-8-10-4-2-3-5-12(10)16-13(11)17/h2-5,8,15H,6-7,9H2,1H3,(H,16,17). The van der Waals surface area contributed by atoms with Crippen molar-refractivity contribution in [3.63, 3.8) is 0 Å². The Morgan fingerprint density at radius 2 is 2.12 bits per heavy atom. The first-order valence-corrected chi connectivity index (χ1v) is 6.02. The molecule has 3 rings (SSSR count). The summed E-state index contributed by atoms with van der Waals surface area (Å²) in [5.74, 6) is 0. The molecule has 1 aliphatic carbocycles. The second-order valence-corrected chi connectivity index (χ2v) is 4.91. The Balaban J connectivity index is 2.17. The lowest BCUT2D eigenvalue weighted by Gasteiger charge is -2.14. The first-order chi connectivity index (χ1) is 8.25. The van der Waals surface area contributed by atoms with Gasteiger partial charge in [-0.15, -0.1) is 0 Å². The molecule has 3 nitrogen and oxygen atoms in total. The van der Waals surface area contributed by atoms with Crippen LogP contribution in [0.3, 0.4) is 0 Å². The van der Waals surface area contributed by atoms with Crippen molar-refractivity contribution in [2.75, 3.05) is 13.6 Å². The van der Waals surface area contributed by atoms with E-state index in [1.165, 1.54) is 0 Å². The van der Waals surface area contributed by atoms with Crippen LogP contribution in [0.2, 0.25) is 0 Å². The van der Waals surface area contributed by atoms with Crippen molar-refractivity contribution in [2.45, 2.75) is 18.3 Å². The fourth-order valence-corrected chi connectivity index (χ4v) is 2.57. The maximum Gasteiger partial charge on any atom is 0.252 e. The van der Waals surface area contributed by atoms with Gasteiger partial charge in [0.1, 0.15) is 0 Å². The van der Waals surface area contributed by atoms with Gasteiger partial charge in [-0.25, -0.2) is 0 Å². The normalized spacial score (nSPS) is 17.2. The van der Waals surface area contributed by atoms with Gasteiger partial charge in [0, 0.05) is 23.0 Å². The minimum Gasteiger partial charge on any atom is -0.322 e. The third kappa shape index (κ3) is 1.67. The SMILES string of the molecule is CNCC1(c2cc3ccccc3[nH]c2=O)CC1. The van der Waals surface area contributed by atoms with E-state index in [0.29, 0.717) is 0 Å². The average Bonchev–Trinajstić information content (AvgIpc) is 3.09. The predicted octanol–water partition coefficient (Wildman–Crippen LogP) is 1.78. The number of benzene rings is 1. The van der Waals surface area contributed by atoms with Crippen molar-refractivity contribution in [1.82, 2.24) is 10.3 Å². The van der Waals surface area contributed by atoms with E-state index in [0.717, 1.165) is 35.9 Å². The van der Waals surface area contributed by atoms with Crippen LogP contribution in [0.15, 0.2) is 35.1 Å². The van der Waals surface area contributed by atoms with Crippen LogP contribution in [-0.2, 0) is 5.41 Å². The molecule has 1 fully saturated rings. The third-order valence-electron chi connectivity index (χ3n) is 3.69. The van der Waals surface area contributed by atoms with E-state index in [4.69, 9.17) is 0 Å². The molecule has 1 aromatic heterocycles. The Hall–Kier alpha value is -1.61. The summed E-state index contributed by atoms with van der Waals surface area (Å²) in [6.45, 7) is 0.883. The molecule has 0 radical (unpaired) electrons. The number of pyridine rings is 1. The molecule has 2 aromatic rings. The molecular weight excluding hydrogens is 212 g/mol. The Labute approximate surface area is 99.9 Å². The number of aromatic nitrogens is 1. The molecule has 0 aliphatic heterocycles. The zero-order valence-electron chi connectivity index (χ0n) is 9.92. The number of fused-ring (bicyclic) bond motifs is 1. The molecule has 0 unspecified atom stereocenters. The first-order valence-electron chi connectivity index (χ1n) is 6.02. The molecule has 2 N–H and O–H groups in total. The van der Waals surface area contributed by atoms with Crippen LogP contribution in [0.25, 0.3) is 10.9 Å². The van der Waals surface area contributed by atoms with E-state index < -0.39 is 0 Å². The topological polar surface area (TPSA) is 44.9 Å². The Morgan fingerprint density at radius 1 is 1.35 bits per heavy atom. The van der Waals surface area contributed by atoms with Crippen LogP contribution in [0.4, 0.5) is 0 Å². The van der Waals surface area contributed by atoms with Crippen LogP contribution in [0, 0.1) is 0 Å². The van der Waals surface area contributed by atoms with Crippen molar-refractivity contribution in [1.29, 1.82) is 0 Å². The minimum absolute atomic E-state index is 0.0662. The Morgan fingerprint density at radius 3 is 2.82 bits per heavy atom. The van der Waals surface area contributed by atoms with Gasteiger partial charge in [0.2, 0.25) is 0 Å². The zero-order chi connectivity index (χ0) is 11.9. The number of aromatic amines is 1. The molecule has 1 heterocycles. The van der Waals surface area contributed by atoms with Gasteiger partial charge in [-0.05, 0) is 37.4 Å². The van der Waals surface area contributed by atoms with Crippen molar-refractivity contribution < 1.29 is 0 Å². The van der Waals surface area contributed by atoms with E-state index in [-0.39, 0.29) is 11.0 Å². The molecule has 17 heavy (non-hydrogen) atoms. The summed E-state index contributed by atoms with van der Waals surface area (Å²) in [4.78, 5) is 15.1. The number of hydrogen-bond acceptors (Lipinski definition) is 2. The molecule has 1 aliphatic rings. The fourth-order valence-electron chi connectivity index (χ4n) is 2.57. The first kappa shape index (κ1) is 10.5. The average molecular weight is 228 g/mol. The Bertz CT molecular complexity index is 611. The van der Waals surface area contributed by atoms with Crippen LogP contribution in [0.5, 0.6) is 0 Å². The highest BCUT2D eigenvalue weighted by Crippen LogP contribution is 2.46. The van der Waals surface area contributed by atoms with E-state index in [2.05, 4.69) is 16.4 Å². The van der Waals surface area contributed by atoms with E-state index >= 15 is 0 Å². The van der Waals surface area contributed by atoms with Crippen molar-refractivity contribution >= 4 is 10.9 Å². The van der Waals surface area contributed by atoms with E-state index in [1.54, 1.807) is 0 Å². The molecular formula is C14H16N2O. The summed E-state index contributed by atoms with van der Waals surface area (Å²) >= 11 is 0. The fraction of sp³-hybridized carbons (Fsp3) is 0.357. The van der Waals surface area contributed by atoms with Crippen LogP contribution >= 0.6 is 0 Å². The molecule has 3 heteroatoms. The number of nitrogens with one attached hydrogen (secondary N) is 2. The summed E-state index contributed by atoms with van der Waals surface area (Å²) in [5.41, 5.74) is 2.00. The van der Waals surface area contributed by atoms with Gasteiger partial charge in [0.15, 0.2) is 0 Å². The minimum atomic E-state index is 0.0662. The summed E-state index contributed by atoms with van der Waals surface area (Å²) < 4.78 is 0. The maximum atomic E-state index is 12.1. The third-order valence-corrected chi connectivity index (χ3v) is 3.69. The van der Waals surface area contributed by atoms with Crippen LogP contribution < -0.4 is 10.9 Å². The quantitative estimate of drug-likeness (QED) is 0.841. The maximum absolute atomic E-state index is 12.1. The van der Waals surface area contributed by atoms with Crippen molar-refractivity contribution in [3.05, 3.63) is 46.2 Å². The van der Waals surface area contributed by atoms with E-state index in [1.807, 2.05) is 31.3 Å². The van der Waals surface area contributed by atoms with Crippen LogP contribution in [-0.4, -0.2) is 18.6 Å². The largest absolute Gasteiger partial charge is 0.322 e. The van der Waals surface area contributed by atoms with Gasteiger partial charge >= 0.3 is 0 Å². The molecule has 0 spiro atoms. The van der Waals surface area contributed by atoms with Crippen LogP contribution in [0.1, 0.15) is 18.4 Å². The zero-order valence-corrected chi connectivity index (χ0v) is 9.92. The second-order valence-electron chi connectivity index (χ2n) is 4.91. The molecule has 0 saturated heterocycles. The second kappa shape index (κ2) is 3.70. The highest BCUT2D eigenvalue weighted by Gasteiger charge is 2.45. The summed E-state index contributed by atoms with van der Waals surface area (Å²) in [6, 6.07) is 9.99. The van der Waals surface area contributed by atoms with Gasteiger partial charge < -0.3 is 10.3 Å². The van der Waals surface area contributed by atoms with Gasteiger partial charge in [-0.1, -0.05) is 18.2 Å². The number of rotatable bonds is 3. The number of hydrogen-bond donors (Lipinski definition) is 2. The lowest BCUT2D eigenvalue weighted by molar-refractivity contribution is 0.618. The summed E-state index contributed by atoms with van der Waals surface area (Å²) in [7, 11) is 1.94. The van der Waals surface area contributed by atoms with Gasteiger partial charge in [-0.2, -0.15) is 0 Å². The molecule has 88 valence electrons. The number of H-pyrrole nitrogens is 1. The van der Waals surface area contributed by atoms with Crippen molar-refractivity contribution in [3.8, 4) is 0 Å². The summed E-state index contributed by atoms with van der Waals surface area (Å²) in [6.07, 6.45) is 2.21. The monoisotopic (exact) mass is 228 g/mol. The molecule has 0 atom stereocenters. The molecule has 0 amide bonds. The lowest BCUT2D eigenvalue weighted by atomic mass is 9.96. The highest BCUT2D eigenvalue weighted by atomic mass is 16.1. The van der Waals surface area contributed by atoms with Gasteiger partial charge in [0.25, 0.3) is 5.56 Å². The molecule has 0 bridgehead atoms. The number of para-hydroxylation sites is 1. The molecule has 1 saturated carbocycles. The van der Waals surface area contributed by atoms with E-state index in [9.17, 15) is 4.79 Å². The number of likely N-dealkylation sites (N-methyl/N-ethyl adjacent to an activating group) is 1. The van der Waals surface area contributed by atoms with Gasteiger partial charge in [-0.3, -0.25) is 4.79 Å². The predicted molar refractivity (Wildman–Crippen MR) is 69.4 cm³/mol. The van der Waals surface area contributed by atoms with Crippen molar-refractivity contribution in [2.24, 2.45) is 0 Å².